The molecule has 1 aromatic rings. The standard InChI is InChI=1S/C15H17BrN2O3/c16-10-2-3-13(19)11(7-10)15(21)18-6-5-12-9(8-18)1-4-14(20)17-12/h2-3,7,9,12,19H,1,4-6,8H2,(H,17,20). The number of hydrogen-bond acceptors (Lipinski definition) is 3. The van der Waals surface area contributed by atoms with Crippen LogP contribution in [0.3, 0.4) is 0 Å². The van der Waals surface area contributed by atoms with E-state index in [-0.39, 0.29) is 23.6 Å². The minimum absolute atomic E-state index is 0.00210. The van der Waals surface area contributed by atoms with Gasteiger partial charge in [0, 0.05) is 30.0 Å². The third kappa shape index (κ3) is 2.90. The van der Waals surface area contributed by atoms with Gasteiger partial charge in [0.1, 0.15) is 5.75 Å². The zero-order valence-corrected chi connectivity index (χ0v) is 13.1. The predicted octanol–water partition coefficient (Wildman–Crippen LogP) is 1.90. The molecule has 0 bridgehead atoms. The maximum Gasteiger partial charge on any atom is 0.257 e. The van der Waals surface area contributed by atoms with Gasteiger partial charge in [-0.25, -0.2) is 0 Å². The summed E-state index contributed by atoms with van der Waals surface area (Å²) in [7, 11) is 0. The Morgan fingerprint density at radius 3 is 3.00 bits per heavy atom. The van der Waals surface area contributed by atoms with Crippen LogP contribution in [0.15, 0.2) is 22.7 Å². The van der Waals surface area contributed by atoms with Gasteiger partial charge in [0.2, 0.25) is 5.91 Å². The van der Waals surface area contributed by atoms with Crippen LogP contribution in [-0.4, -0.2) is 41.0 Å². The third-order valence-electron chi connectivity index (χ3n) is 4.30. The van der Waals surface area contributed by atoms with Gasteiger partial charge < -0.3 is 15.3 Å². The van der Waals surface area contributed by atoms with Crippen LogP contribution in [0.1, 0.15) is 29.6 Å². The Balaban J connectivity index is 1.74. The second-order valence-corrected chi connectivity index (χ2v) is 6.59. The number of likely N-dealkylation sites (tertiary alicyclic amines) is 1. The van der Waals surface area contributed by atoms with Crippen molar-refractivity contribution in [1.29, 1.82) is 0 Å². The van der Waals surface area contributed by atoms with Crippen molar-refractivity contribution < 1.29 is 14.7 Å². The van der Waals surface area contributed by atoms with Crippen LogP contribution in [0.5, 0.6) is 5.75 Å². The summed E-state index contributed by atoms with van der Waals surface area (Å²) in [6.45, 7) is 1.24. The fourth-order valence-electron chi connectivity index (χ4n) is 3.14. The van der Waals surface area contributed by atoms with Crippen LogP contribution in [0.2, 0.25) is 0 Å². The summed E-state index contributed by atoms with van der Waals surface area (Å²) in [6, 6.07) is 5.05. The van der Waals surface area contributed by atoms with Crippen LogP contribution < -0.4 is 5.32 Å². The van der Waals surface area contributed by atoms with E-state index in [1.165, 1.54) is 6.07 Å². The lowest BCUT2D eigenvalue weighted by Crippen LogP contribution is -2.55. The zero-order chi connectivity index (χ0) is 15.0. The first-order chi connectivity index (χ1) is 10.0. The minimum Gasteiger partial charge on any atom is -0.507 e. The first-order valence-corrected chi connectivity index (χ1v) is 7.91. The molecule has 2 N–H and O–H groups in total. The molecule has 2 saturated heterocycles. The molecule has 2 heterocycles. The fraction of sp³-hybridized carbons (Fsp3) is 0.467. The third-order valence-corrected chi connectivity index (χ3v) is 4.79. The van der Waals surface area contributed by atoms with Gasteiger partial charge in [-0.3, -0.25) is 9.59 Å². The maximum atomic E-state index is 12.6. The quantitative estimate of drug-likeness (QED) is 0.810. The van der Waals surface area contributed by atoms with E-state index in [0.717, 1.165) is 17.3 Å². The first kappa shape index (κ1) is 14.4. The molecule has 21 heavy (non-hydrogen) atoms. The van der Waals surface area contributed by atoms with Crippen molar-refractivity contribution >= 4 is 27.7 Å². The number of piperidine rings is 2. The van der Waals surface area contributed by atoms with Crippen LogP contribution in [0, 0.1) is 5.92 Å². The number of amides is 2. The fourth-order valence-corrected chi connectivity index (χ4v) is 3.51. The zero-order valence-electron chi connectivity index (χ0n) is 11.5. The molecule has 5 nitrogen and oxygen atoms in total. The SMILES string of the molecule is O=C1CCC2CN(C(=O)c3cc(Br)ccc3O)CCC2N1. The highest BCUT2D eigenvalue weighted by atomic mass is 79.9. The van der Waals surface area contributed by atoms with Crippen molar-refractivity contribution in [3.63, 3.8) is 0 Å². The molecule has 2 amide bonds. The average molecular weight is 353 g/mol. The van der Waals surface area contributed by atoms with E-state index in [4.69, 9.17) is 0 Å². The summed E-state index contributed by atoms with van der Waals surface area (Å²) < 4.78 is 0.767. The number of rotatable bonds is 1. The summed E-state index contributed by atoms with van der Waals surface area (Å²) >= 11 is 3.32. The average Bonchev–Trinajstić information content (AvgIpc) is 2.48. The number of nitrogens with one attached hydrogen (secondary N) is 1. The molecule has 0 saturated carbocycles. The van der Waals surface area contributed by atoms with Gasteiger partial charge in [-0.1, -0.05) is 15.9 Å². The number of nitrogens with zero attached hydrogens (tertiary/aromatic N) is 1. The van der Waals surface area contributed by atoms with E-state index in [2.05, 4.69) is 21.2 Å². The number of benzene rings is 1. The molecule has 2 atom stereocenters. The molecule has 3 rings (SSSR count). The van der Waals surface area contributed by atoms with Crippen molar-refractivity contribution in [3.8, 4) is 5.75 Å². The van der Waals surface area contributed by atoms with E-state index in [0.29, 0.717) is 31.0 Å². The van der Waals surface area contributed by atoms with Gasteiger partial charge >= 0.3 is 0 Å². The number of phenols is 1. The normalized spacial score (nSPS) is 25.2. The molecule has 6 heteroatoms. The minimum atomic E-state index is -0.149. The summed E-state index contributed by atoms with van der Waals surface area (Å²) in [4.78, 5) is 25.8. The first-order valence-electron chi connectivity index (χ1n) is 7.12. The lowest BCUT2D eigenvalue weighted by molar-refractivity contribution is -0.125. The summed E-state index contributed by atoms with van der Waals surface area (Å²) in [5.41, 5.74) is 0.322. The highest BCUT2D eigenvalue weighted by Crippen LogP contribution is 2.29. The van der Waals surface area contributed by atoms with Crippen molar-refractivity contribution in [2.45, 2.75) is 25.3 Å². The van der Waals surface area contributed by atoms with Gasteiger partial charge in [0.15, 0.2) is 0 Å². The van der Waals surface area contributed by atoms with Crippen LogP contribution in [-0.2, 0) is 4.79 Å². The van der Waals surface area contributed by atoms with E-state index in [1.54, 1.807) is 17.0 Å². The van der Waals surface area contributed by atoms with Gasteiger partial charge in [-0.15, -0.1) is 0 Å². The number of halogens is 1. The predicted molar refractivity (Wildman–Crippen MR) is 81.0 cm³/mol. The Morgan fingerprint density at radius 2 is 2.19 bits per heavy atom. The second-order valence-electron chi connectivity index (χ2n) is 5.67. The van der Waals surface area contributed by atoms with Gasteiger partial charge in [0.25, 0.3) is 5.91 Å². The topological polar surface area (TPSA) is 69.6 Å². The highest BCUT2D eigenvalue weighted by molar-refractivity contribution is 9.10. The Morgan fingerprint density at radius 1 is 1.38 bits per heavy atom. The Kier molecular flexibility index (Phi) is 3.89. The molecular formula is C15H17BrN2O3. The number of fused-ring (bicyclic) bond motifs is 1. The van der Waals surface area contributed by atoms with Crippen molar-refractivity contribution in [2.75, 3.05) is 13.1 Å². The lowest BCUT2D eigenvalue weighted by atomic mass is 9.85. The second kappa shape index (κ2) is 5.67. The summed E-state index contributed by atoms with van der Waals surface area (Å²) in [6.07, 6.45) is 2.13. The smallest absolute Gasteiger partial charge is 0.257 e. The van der Waals surface area contributed by atoms with Crippen LogP contribution in [0.25, 0.3) is 0 Å². The van der Waals surface area contributed by atoms with E-state index < -0.39 is 0 Å². The number of carbonyl (C=O) groups excluding carboxylic acids is 2. The largest absolute Gasteiger partial charge is 0.507 e. The molecule has 0 aliphatic carbocycles. The molecule has 2 fully saturated rings. The van der Waals surface area contributed by atoms with Gasteiger partial charge in [0.05, 0.1) is 5.56 Å². The molecule has 112 valence electrons. The Labute approximate surface area is 131 Å². The van der Waals surface area contributed by atoms with E-state index >= 15 is 0 Å². The Hall–Kier alpha value is -1.56. The van der Waals surface area contributed by atoms with E-state index in [1.807, 2.05) is 0 Å². The van der Waals surface area contributed by atoms with Crippen LogP contribution >= 0.6 is 15.9 Å². The molecule has 0 spiro atoms. The molecule has 2 aliphatic rings. The number of phenolic OH excluding ortho intramolecular Hbond substituents is 1. The molecule has 0 aromatic heterocycles. The highest BCUT2D eigenvalue weighted by Gasteiger charge is 2.35. The van der Waals surface area contributed by atoms with Gasteiger partial charge in [-0.2, -0.15) is 0 Å². The van der Waals surface area contributed by atoms with Crippen molar-refractivity contribution in [2.24, 2.45) is 5.92 Å². The van der Waals surface area contributed by atoms with Gasteiger partial charge in [-0.05, 0) is 37.0 Å². The lowest BCUT2D eigenvalue weighted by Gasteiger charge is -2.41. The molecule has 2 aliphatic heterocycles. The Bertz CT molecular complexity index is 590. The number of carbonyl (C=O) groups is 2. The monoisotopic (exact) mass is 352 g/mol. The van der Waals surface area contributed by atoms with Crippen molar-refractivity contribution in [3.05, 3.63) is 28.2 Å². The molecule has 1 aromatic carbocycles. The number of hydrogen-bond donors (Lipinski definition) is 2. The van der Waals surface area contributed by atoms with E-state index in [9.17, 15) is 14.7 Å². The summed E-state index contributed by atoms with van der Waals surface area (Å²) in [5.74, 6) is 0.279. The van der Waals surface area contributed by atoms with Crippen molar-refractivity contribution in [1.82, 2.24) is 10.2 Å². The molecular weight excluding hydrogens is 336 g/mol. The number of aromatic hydroxyl groups is 1. The molecule has 0 radical (unpaired) electrons. The molecule has 2 unspecified atom stereocenters. The maximum absolute atomic E-state index is 12.6. The van der Waals surface area contributed by atoms with Crippen LogP contribution in [0.4, 0.5) is 0 Å². The summed E-state index contributed by atoms with van der Waals surface area (Å²) in [5, 5.41) is 12.9.